The summed E-state index contributed by atoms with van der Waals surface area (Å²) in [5.74, 6) is 1.21. The molecule has 0 radical (unpaired) electrons. The van der Waals surface area contributed by atoms with E-state index in [-0.39, 0.29) is 5.91 Å². The molecule has 0 aromatic heterocycles. The Balaban J connectivity index is 1.57. The van der Waals surface area contributed by atoms with Crippen molar-refractivity contribution in [1.82, 2.24) is 10.2 Å². The fourth-order valence-corrected chi connectivity index (χ4v) is 3.36. The number of rotatable bonds is 9. The first kappa shape index (κ1) is 21.9. The van der Waals surface area contributed by atoms with E-state index in [1.165, 1.54) is 5.56 Å². The van der Waals surface area contributed by atoms with Crippen molar-refractivity contribution in [3.63, 3.8) is 0 Å². The zero-order valence-corrected chi connectivity index (χ0v) is 17.7. The normalized spacial score (nSPS) is 14.6. The zero-order valence-electron chi connectivity index (χ0n) is 17.7. The van der Waals surface area contributed by atoms with E-state index in [0.29, 0.717) is 24.7 Å². The quantitative estimate of drug-likeness (QED) is 0.643. The van der Waals surface area contributed by atoms with Gasteiger partial charge in [-0.25, -0.2) is 0 Å². The van der Waals surface area contributed by atoms with Crippen molar-refractivity contribution in [3.8, 4) is 11.5 Å². The number of methoxy groups -OCH3 is 1. The van der Waals surface area contributed by atoms with E-state index in [2.05, 4.69) is 22.3 Å². The zero-order chi connectivity index (χ0) is 21.2. The topological polar surface area (TPSA) is 60.0 Å². The standard InChI is InChI=1S/C24H30N2O4/c1-3-30-23-16-19(8-10-22(23)28-2)9-11-24(27)25-17-20-6-4-5-7-21(20)18-26-12-14-29-15-13-26/h4-11,16H,3,12-15,17-18H2,1-2H3,(H,25,27)/b11-9+. The van der Waals surface area contributed by atoms with Gasteiger partial charge in [0.2, 0.25) is 5.91 Å². The first-order chi connectivity index (χ1) is 14.7. The molecule has 3 rings (SSSR count). The van der Waals surface area contributed by atoms with Gasteiger partial charge >= 0.3 is 0 Å². The summed E-state index contributed by atoms with van der Waals surface area (Å²) in [6, 6.07) is 13.8. The fourth-order valence-electron chi connectivity index (χ4n) is 3.36. The Morgan fingerprint density at radius 3 is 2.63 bits per heavy atom. The molecule has 1 amide bonds. The lowest BCUT2D eigenvalue weighted by Gasteiger charge is -2.27. The maximum atomic E-state index is 12.3. The highest BCUT2D eigenvalue weighted by atomic mass is 16.5. The molecule has 1 N–H and O–H groups in total. The van der Waals surface area contributed by atoms with E-state index < -0.39 is 0 Å². The molecule has 6 heteroatoms. The SMILES string of the molecule is CCOc1cc(/C=C/C(=O)NCc2ccccc2CN2CCOCC2)ccc1OC. The lowest BCUT2D eigenvalue weighted by Crippen LogP contribution is -2.36. The number of ether oxygens (including phenoxy) is 3. The van der Waals surface area contributed by atoms with Gasteiger partial charge < -0.3 is 19.5 Å². The summed E-state index contributed by atoms with van der Waals surface area (Å²) in [6.07, 6.45) is 3.32. The lowest BCUT2D eigenvalue weighted by atomic mass is 10.1. The lowest BCUT2D eigenvalue weighted by molar-refractivity contribution is -0.116. The number of hydrogen-bond acceptors (Lipinski definition) is 5. The predicted octanol–water partition coefficient (Wildman–Crippen LogP) is 3.26. The molecule has 1 aliphatic rings. The third kappa shape index (κ3) is 6.34. The minimum absolute atomic E-state index is 0.134. The highest BCUT2D eigenvalue weighted by Crippen LogP contribution is 2.28. The van der Waals surface area contributed by atoms with Crippen LogP contribution < -0.4 is 14.8 Å². The van der Waals surface area contributed by atoms with Crippen molar-refractivity contribution < 1.29 is 19.0 Å². The molecule has 2 aromatic carbocycles. The third-order valence-electron chi connectivity index (χ3n) is 4.98. The number of carbonyl (C=O) groups excluding carboxylic acids is 1. The molecule has 0 saturated carbocycles. The molecule has 160 valence electrons. The van der Waals surface area contributed by atoms with Crippen molar-refractivity contribution in [2.24, 2.45) is 0 Å². The van der Waals surface area contributed by atoms with Gasteiger partial charge in [-0.1, -0.05) is 30.3 Å². The van der Waals surface area contributed by atoms with Crippen molar-refractivity contribution >= 4 is 12.0 Å². The number of hydrogen-bond donors (Lipinski definition) is 1. The molecule has 0 atom stereocenters. The summed E-state index contributed by atoms with van der Waals surface area (Å²) in [7, 11) is 1.61. The monoisotopic (exact) mass is 410 g/mol. The molecule has 0 unspecified atom stereocenters. The van der Waals surface area contributed by atoms with Gasteiger partial charge in [0.05, 0.1) is 26.9 Å². The van der Waals surface area contributed by atoms with E-state index >= 15 is 0 Å². The number of benzene rings is 2. The first-order valence-electron chi connectivity index (χ1n) is 10.3. The van der Waals surface area contributed by atoms with E-state index in [0.717, 1.165) is 44.0 Å². The predicted molar refractivity (Wildman–Crippen MR) is 118 cm³/mol. The average molecular weight is 411 g/mol. The van der Waals surface area contributed by atoms with Crippen LogP contribution in [-0.2, 0) is 22.6 Å². The minimum atomic E-state index is -0.134. The highest BCUT2D eigenvalue weighted by Gasteiger charge is 2.12. The second-order valence-electron chi connectivity index (χ2n) is 7.05. The fraction of sp³-hybridized carbons (Fsp3) is 0.375. The second-order valence-corrected chi connectivity index (χ2v) is 7.05. The Hall–Kier alpha value is -2.83. The van der Waals surface area contributed by atoms with Gasteiger partial charge in [-0.3, -0.25) is 9.69 Å². The van der Waals surface area contributed by atoms with Gasteiger partial charge in [-0.05, 0) is 41.8 Å². The minimum Gasteiger partial charge on any atom is -0.493 e. The van der Waals surface area contributed by atoms with Crippen molar-refractivity contribution in [2.45, 2.75) is 20.0 Å². The maximum Gasteiger partial charge on any atom is 0.244 e. The van der Waals surface area contributed by atoms with Gasteiger partial charge in [0.15, 0.2) is 11.5 Å². The second kappa shape index (κ2) is 11.4. The molecule has 1 saturated heterocycles. The van der Waals surface area contributed by atoms with Crippen molar-refractivity contribution in [2.75, 3.05) is 40.0 Å². The van der Waals surface area contributed by atoms with Gasteiger partial charge in [0.1, 0.15) is 0 Å². The number of amides is 1. The summed E-state index contributed by atoms with van der Waals surface area (Å²) in [5, 5.41) is 2.98. The van der Waals surface area contributed by atoms with Gasteiger partial charge in [0, 0.05) is 32.3 Å². The molecule has 0 spiro atoms. The molecule has 0 bridgehead atoms. The number of carbonyl (C=O) groups is 1. The summed E-state index contributed by atoms with van der Waals surface area (Å²) in [5.41, 5.74) is 3.25. The number of nitrogens with one attached hydrogen (secondary N) is 1. The van der Waals surface area contributed by atoms with Crippen LogP contribution in [0.15, 0.2) is 48.5 Å². The van der Waals surface area contributed by atoms with E-state index in [1.54, 1.807) is 19.3 Å². The summed E-state index contributed by atoms with van der Waals surface area (Å²) < 4.78 is 16.3. The van der Waals surface area contributed by atoms with Gasteiger partial charge in [-0.15, -0.1) is 0 Å². The Bertz CT molecular complexity index is 860. The number of morpholine rings is 1. The Morgan fingerprint density at radius 2 is 1.90 bits per heavy atom. The van der Waals surface area contributed by atoms with Crippen molar-refractivity contribution in [3.05, 3.63) is 65.2 Å². The van der Waals surface area contributed by atoms with E-state index in [1.807, 2.05) is 37.3 Å². The first-order valence-corrected chi connectivity index (χ1v) is 10.3. The summed E-state index contributed by atoms with van der Waals surface area (Å²) in [6.45, 7) is 7.28. The molecule has 30 heavy (non-hydrogen) atoms. The molecule has 2 aromatic rings. The van der Waals surface area contributed by atoms with Crippen LogP contribution in [0.4, 0.5) is 0 Å². The highest BCUT2D eigenvalue weighted by molar-refractivity contribution is 5.91. The third-order valence-corrected chi connectivity index (χ3v) is 4.98. The van der Waals surface area contributed by atoms with Gasteiger partial charge in [0.25, 0.3) is 0 Å². The van der Waals surface area contributed by atoms with Crippen LogP contribution in [0.25, 0.3) is 6.08 Å². The summed E-state index contributed by atoms with van der Waals surface area (Å²) in [4.78, 5) is 14.7. The molecular formula is C24H30N2O4. The Morgan fingerprint density at radius 1 is 1.13 bits per heavy atom. The Labute approximate surface area is 178 Å². The smallest absolute Gasteiger partial charge is 0.244 e. The van der Waals surface area contributed by atoms with Crippen LogP contribution >= 0.6 is 0 Å². The molecule has 0 aliphatic carbocycles. The van der Waals surface area contributed by atoms with Crippen LogP contribution in [0.1, 0.15) is 23.6 Å². The van der Waals surface area contributed by atoms with Crippen LogP contribution in [0, 0.1) is 0 Å². The van der Waals surface area contributed by atoms with Crippen LogP contribution in [0.3, 0.4) is 0 Å². The molecule has 1 aliphatic heterocycles. The summed E-state index contributed by atoms with van der Waals surface area (Å²) >= 11 is 0. The van der Waals surface area contributed by atoms with Gasteiger partial charge in [-0.2, -0.15) is 0 Å². The maximum absolute atomic E-state index is 12.3. The molecular weight excluding hydrogens is 380 g/mol. The molecule has 1 fully saturated rings. The average Bonchev–Trinajstić information content (AvgIpc) is 2.78. The number of nitrogens with zero attached hydrogens (tertiary/aromatic N) is 1. The Kier molecular flexibility index (Phi) is 8.30. The molecule has 6 nitrogen and oxygen atoms in total. The van der Waals surface area contributed by atoms with Crippen LogP contribution in [-0.4, -0.2) is 50.8 Å². The van der Waals surface area contributed by atoms with E-state index in [9.17, 15) is 4.79 Å². The largest absolute Gasteiger partial charge is 0.493 e. The van der Waals surface area contributed by atoms with E-state index in [4.69, 9.17) is 14.2 Å². The van der Waals surface area contributed by atoms with Crippen LogP contribution in [0.5, 0.6) is 11.5 Å². The van der Waals surface area contributed by atoms with Crippen LogP contribution in [0.2, 0.25) is 0 Å². The molecule has 1 heterocycles. The van der Waals surface area contributed by atoms with Crippen molar-refractivity contribution in [1.29, 1.82) is 0 Å².